The summed E-state index contributed by atoms with van der Waals surface area (Å²) in [5.41, 5.74) is 0. The van der Waals surface area contributed by atoms with Crippen LogP contribution in [0.5, 0.6) is 0 Å². The van der Waals surface area contributed by atoms with E-state index < -0.39 is 12.1 Å². The van der Waals surface area contributed by atoms with Crippen molar-refractivity contribution in [1.29, 1.82) is 0 Å². The van der Waals surface area contributed by atoms with Crippen molar-refractivity contribution >= 4 is 11.9 Å². The van der Waals surface area contributed by atoms with E-state index in [1.807, 2.05) is 6.08 Å². The van der Waals surface area contributed by atoms with Gasteiger partial charge in [0.15, 0.2) is 0 Å². The van der Waals surface area contributed by atoms with E-state index in [4.69, 9.17) is 4.74 Å². The zero-order valence-corrected chi connectivity index (χ0v) is 43.7. The summed E-state index contributed by atoms with van der Waals surface area (Å²) in [5.74, 6) is -0.158. The van der Waals surface area contributed by atoms with E-state index in [0.29, 0.717) is 19.4 Å². The normalized spacial score (nSPS) is 12.7. The molecule has 0 aromatic rings. The van der Waals surface area contributed by atoms with Crippen molar-refractivity contribution in [2.45, 2.75) is 328 Å². The van der Waals surface area contributed by atoms with Gasteiger partial charge >= 0.3 is 5.97 Å². The Hall–Kier alpha value is -1.66. The number of aliphatic hydroxyl groups excluding tert-OH is 2. The van der Waals surface area contributed by atoms with Crippen LogP contribution in [0.4, 0.5) is 0 Å². The van der Waals surface area contributed by atoms with Crippen molar-refractivity contribution in [2.24, 2.45) is 0 Å². The third-order valence-corrected chi connectivity index (χ3v) is 13.5. The maximum Gasteiger partial charge on any atom is 0.305 e. The second-order valence-electron chi connectivity index (χ2n) is 20.0. The van der Waals surface area contributed by atoms with Crippen molar-refractivity contribution in [2.75, 3.05) is 13.2 Å². The van der Waals surface area contributed by atoms with Crippen LogP contribution in [0.2, 0.25) is 0 Å². The Morgan fingerprint density at radius 3 is 1.12 bits per heavy atom. The molecule has 0 heterocycles. The highest BCUT2D eigenvalue weighted by Gasteiger charge is 2.18. The molecule has 0 aliphatic rings. The molecule has 0 aliphatic heterocycles. The molecule has 0 aliphatic carbocycles. The lowest BCUT2D eigenvalue weighted by Gasteiger charge is -2.19. The summed E-state index contributed by atoms with van der Waals surface area (Å²) in [4.78, 5) is 24.5. The summed E-state index contributed by atoms with van der Waals surface area (Å²) in [6.45, 7) is 4.84. The first kappa shape index (κ1) is 63.3. The molecule has 384 valence electrons. The fourth-order valence-electron chi connectivity index (χ4n) is 8.99. The first-order valence-electron chi connectivity index (χ1n) is 29.1. The number of nitrogens with one attached hydrogen (secondary N) is 1. The highest BCUT2D eigenvalue weighted by molar-refractivity contribution is 5.76. The molecule has 2 atom stereocenters. The van der Waals surface area contributed by atoms with Gasteiger partial charge in [0.2, 0.25) is 5.91 Å². The Balaban J connectivity index is 3.53. The number of hydrogen-bond donors (Lipinski definition) is 3. The zero-order chi connectivity index (χ0) is 47.2. The minimum Gasteiger partial charge on any atom is -0.466 e. The summed E-state index contributed by atoms with van der Waals surface area (Å²) in [5, 5.41) is 23.1. The fraction of sp³-hybridized carbons (Fsp3) is 0.898. The molecule has 0 aromatic heterocycles. The SMILES string of the molecule is CCCCCCCCCCCCCCCCCCCCC/C=C/C(O)C(CO)NC(=O)CCC/C=C\CCCCCCOC(=O)CCCCCCCCCCCCCCCCCCCC. The first-order valence-corrected chi connectivity index (χ1v) is 29.1. The van der Waals surface area contributed by atoms with Gasteiger partial charge in [-0.05, 0) is 51.4 Å². The van der Waals surface area contributed by atoms with Crippen molar-refractivity contribution in [1.82, 2.24) is 5.32 Å². The van der Waals surface area contributed by atoms with Gasteiger partial charge < -0.3 is 20.3 Å². The van der Waals surface area contributed by atoms with Crippen molar-refractivity contribution in [3.8, 4) is 0 Å². The molecule has 0 saturated carbocycles. The van der Waals surface area contributed by atoms with Crippen LogP contribution < -0.4 is 5.32 Å². The smallest absolute Gasteiger partial charge is 0.305 e. The number of rotatable bonds is 54. The van der Waals surface area contributed by atoms with E-state index >= 15 is 0 Å². The topological polar surface area (TPSA) is 95.9 Å². The first-order chi connectivity index (χ1) is 32.0. The number of carbonyl (C=O) groups is 2. The van der Waals surface area contributed by atoms with E-state index in [1.54, 1.807) is 6.08 Å². The monoisotopic (exact) mass is 916 g/mol. The molecule has 0 spiro atoms. The van der Waals surface area contributed by atoms with E-state index in [1.165, 1.54) is 218 Å². The van der Waals surface area contributed by atoms with Crippen LogP contribution in [0.15, 0.2) is 24.3 Å². The Bertz CT molecular complexity index is 1010. The number of ether oxygens (including phenoxy) is 1. The summed E-state index contributed by atoms with van der Waals surface area (Å²) in [6.07, 6.45) is 66.4. The third-order valence-electron chi connectivity index (χ3n) is 13.5. The van der Waals surface area contributed by atoms with Gasteiger partial charge in [-0.3, -0.25) is 9.59 Å². The molecule has 0 radical (unpaired) electrons. The largest absolute Gasteiger partial charge is 0.466 e. The lowest BCUT2D eigenvalue weighted by molar-refractivity contribution is -0.143. The maximum absolute atomic E-state index is 12.5. The molecule has 65 heavy (non-hydrogen) atoms. The summed E-state index contributed by atoms with van der Waals surface area (Å²) < 4.78 is 5.46. The van der Waals surface area contributed by atoms with Crippen LogP contribution in [-0.2, 0) is 14.3 Å². The lowest BCUT2D eigenvalue weighted by atomic mass is 10.0. The predicted octanol–water partition coefficient (Wildman–Crippen LogP) is 17.9. The van der Waals surface area contributed by atoms with Gasteiger partial charge in [-0.15, -0.1) is 0 Å². The van der Waals surface area contributed by atoms with E-state index in [2.05, 4.69) is 31.3 Å². The average molecular weight is 917 g/mol. The molecule has 2 unspecified atom stereocenters. The number of aliphatic hydroxyl groups is 2. The Morgan fingerprint density at radius 2 is 0.738 bits per heavy atom. The molecular formula is C59H113NO5. The van der Waals surface area contributed by atoms with E-state index in [9.17, 15) is 19.8 Å². The third kappa shape index (κ3) is 51.6. The highest BCUT2D eigenvalue weighted by atomic mass is 16.5. The molecule has 6 heteroatoms. The molecular weight excluding hydrogens is 803 g/mol. The van der Waals surface area contributed by atoms with Crippen LogP contribution in [-0.4, -0.2) is 47.4 Å². The molecule has 6 nitrogen and oxygen atoms in total. The minimum absolute atomic E-state index is 0.0330. The Kier molecular flexibility index (Phi) is 53.5. The second-order valence-corrected chi connectivity index (χ2v) is 20.0. The maximum atomic E-state index is 12.5. The van der Waals surface area contributed by atoms with Crippen molar-refractivity contribution in [3.05, 3.63) is 24.3 Å². The Labute approximate surface area is 405 Å². The van der Waals surface area contributed by atoms with Crippen molar-refractivity contribution in [3.63, 3.8) is 0 Å². The quantitative estimate of drug-likeness (QED) is 0.0321. The van der Waals surface area contributed by atoms with Crippen LogP contribution in [0.25, 0.3) is 0 Å². The molecule has 0 rings (SSSR count). The van der Waals surface area contributed by atoms with Crippen LogP contribution >= 0.6 is 0 Å². The van der Waals surface area contributed by atoms with Crippen LogP contribution in [0.3, 0.4) is 0 Å². The van der Waals surface area contributed by atoms with Gasteiger partial charge in [-0.1, -0.05) is 276 Å². The minimum atomic E-state index is -0.875. The van der Waals surface area contributed by atoms with Gasteiger partial charge in [0.05, 0.1) is 25.4 Å². The number of allylic oxidation sites excluding steroid dienone is 3. The fourth-order valence-corrected chi connectivity index (χ4v) is 8.99. The number of unbranched alkanes of at least 4 members (excludes halogenated alkanes) is 41. The van der Waals surface area contributed by atoms with Gasteiger partial charge in [0.1, 0.15) is 0 Å². The van der Waals surface area contributed by atoms with E-state index in [-0.39, 0.29) is 18.5 Å². The van der Waals surface area contributed by atoms with Crippen molar-refractivity contribution < 1.29 is 24.5 Å². The number of esters is 1. The summed E-state index contributed by atoms with van der Waals surface area (Å²) >= 11 is 0. The number of amides is 1. The Morgan fingerprint density at radius 1 is 0.415 bits per heavy atom. The number of carbonyl (C=O) groups excluding carboxylic acids is 2. The second kappa shape index (κ2) is 54.9. The lowest BCUT2D eigenvalue weighted by Crippen LogP contribution is -2.45. The highest BCUT2D eigenvalue weighted by Crippen LogP contribution is 2.17. The number of hydrogen-bond acceptors (Lipinski definition) is 5. The van der Waals surface area contributed by atoms with Gasteiger partial charge in [0.25, 0.3) is 0 Å². The van der Waals surface area contributed by atoms with Gasteiger partial charge in [-0.2, -0.15) is 0 Å². The van der Waals surface area contributed by atoms with E-state index in [0.717, 1.165) is 70.6 Å². The van der Waals surface area contributed by atoms with Crippen LogP contribution in [0.1, 0.15) is 316 Å². The van der Waals surface area contributed by atoms with Gasteiger partial charge in [-0.25, -0.2) is 0 Å². The molecule has 0 fully saturated rings. The molecule has 1 amide bonds. The summed E-state index contributed by atoms with van der Waals surface area (Å²) in [7, 11) is 0. The molecule has 0 aromatic carbocycles. The zero-order valence-electron chi connectivity index (χ0n) is 43.7. The molecule has 0 bridgehead atoms. The summed E-state index contributed by atoms with van der Waals surface area (Å²) in [6, 6.07) is -0.665. The van der Waals surface area contributed by atoms with Gasteiger partial charge in [0, 0.05) is 12.8 Å². The molecule has 0 saturated heterocycles. The van der Waals surface area contributed by atoms with Crippen LogP contribution in [0, 0.1) is 0 Å². The molecule has 3 N–H and O–H groups in total. The average Bonchev–Trinajstić information content (AvgIpc) is 3.31. The standard InChI is InChI=1S/C59H113NO5/c1-3-5-7-9-11-13-15-17-19-21-23-24-25-26-28-30-32-35-39-43-47-51-57(62)56(55-61)60-58(63)52-48-44-40-36-34-38-42-46-50-54-65-59(64)53-49-45-41-37-33-31-29-27-22-20-18-16-14-12-10-8-6-4-2/h36,40,47,51,56-57,61-62H,3-35,37-39,41-46,48-50,52-55H2,1-2H3,(H,60,63)/b40-36-,51-47+. The predicted molar refractivity (Wildman–Crippen MR) is 283 cm³/mol.